The highest BCUT2D eigenvalue weighted by molar-refractivity contribution is 7.89. The molecule has 2 bridgehead atoms. The molecule has 0 saturated heterocycles. The van der Waals surface area contributed by atoms with Crippen molar-refractivity contribution in [3.63, 3.8) is 0 Å². The van der Waals surface area contributed by atoms with Crippen molar-refractivity contribution < 1.29 is 12.8 Å². The van der Waals surface area contributed by atoms with Gasteiger partial charge in [0, 0.05) is 11.7 Å². The number of hydrogen-bond donors (Lipinski definition) is 2. The first-order chi connectivity index (χ1) is 9.47. The van der Waals surface area contributed by atoms with E-state index in [4.69, 9.17) is 5.73 Å². The van der Waals surface area contributed by atoms with Crippen LogP contribution in [0.15, 0.2) is 23.1 Å². The Morgan fingerprint density at radius 3 is 2.45 bits per heavy atom. The lowest BCUT2D eigenvalue weighted by Gasteiger charge is -2.12. The maximum absolute atomic E-state index is 13.8. The smallest absolute Gasteiger partial charge is 0.243 e. The molecule has 0 amide bonds. The lowest BCUT2D eigenvalue weighted by atomic mass is 10.0. The van der Waals surface area contributed by atoms with Crippen LogP contribution in [-0.2, 0) is 10.0 Å². The molecule has 3 N–H and O–H groups in total. The van der Waals surface area contributed by atoms with Gasteiger partial charge in [-0.05, 0) is 61.1 Å². The Bertz CT molecular complexity index is 660. The van der Waals surface area contributed by atoms with E-state index in [-0.39, 0.29) is 16.6 Å². The highest BCUT2D eigenvalue weighted by atomic mass is 32.2. The molecule has 108 valence electrons. The third-order valence-corrected chi connectivity index (χ3v) is 6.76. The van der Waals surface area contributed by atoms with E-state index in [2.05, 4.69) is 4.72 Å². The molecule has 3 aliphatic carbocycles. The van der Waals surface area contributed by atoms with Gasteiger partial charge in [-0.25, -0.2) is 17.5 Å². The predicted molar refractivity (Wildman–Crippen MR) is 72.7 cm³/mol. The normalized spacial score (nSPS) is 38.0. The van der Waals surface area contributed by atoms with E-state index in [0.29, 0.717) is 23.7 Å². The molecular formula is C14H17FN2O2S. The summed E-state index contributed by atoms with van der Waals surface area (Å²) in [7, 11) is -3.79. The van der Waals surface area contributed by atoms with Gasteiger partial charge in [-0.3, -0.25) is 0 Å². The molecule has 0 aliphatic heterocycles. The summed E-state index contributed by atoms with van der Waals surface area (Å²) in [6.07, 6.45) is 3.70. The van der Waals surface area contributed by atoms with Crippen LogP contribution in [0, 0.1) is 29.5 Å². The number of hydrogen-bond acceptors (Lipinski definition) is 3. The van der Waals surface area contributed by atoms with Gasteiger partial charge in [-0.1, -0.05) is 0 Å². The molecule has 0 spiro atoms. The van der Waals surface area contributed by atoms with Crippen LogP contribution in [-0.4, -0.2) is 14.5 Å². The molecule has 6 heteroatoms. The van der Waals surface area contributed by atoms with E-state index in [0.717, 1.165) is 6.07 Å². The van der Waals surface area contributed by atoms with Crippen molar-refractivity contribution in [2.24, 2.45) is 23.7 Å². The third-order valence-electron chi connectivity index (χ3n) is 5.27. The quantitative estimate of drug-likeness (QED) is 0.834. The zero-order valence-corrected chi connectivity index (χ0v) is 11.7. The second-order valence-electron chi connectivity index (χ2n) is 6.32. The molecule has 20 heavy (non-hydrogen) atoms. The SMILES string of the molecule is Nc1ccc(S(=O)(=O)NC2C3C4CCC(C4)C23)c(F)c1. The minimum Gasteiger partial charge on any atom is -0.399 e. The van der Waals surface area contributed by atoms with Crippen molar-refractivity contribution in [3.8, 4) is 0 Å². The Morgan fingerprint density at radius 2 is 1.85 bits per heavy atom. The molecule has 3 aliphatic rings. The first-order valence-corrected chi connectivity index (χ1v) is 8.53. The molecule has 4 rings (SSSR count). The molecule has 4 atom stereocenters. The maximum atomic E-state index is 13.8. The van der Waals surface area contributed by atoms with Gasteiger partial charge in [-0.15, -0.1) is 0 Å². The van der Waals surface area contributed by atoms with Crippen LogP contribution in [0.5, 0.6) is 0 Å². The number of nitrogens with two attached hydrogens (primary N) is 1. The zero-order chi connectivity index (χ0) is 14.1. The topological polar surface area (TPSA) is 72.2 Å². The fourth-order valence-corrected chi connectivity index (χ4v) is 5.82. The van der Waals surface area contributed by atoms with E-state index < -0.39 is 15.8 Å². The molecule has 0 aromatic heterocycles. The van der Waals surface area contributed by atoms with Gasteiger partial charge in [0.25, 0.3) is 0 Å². The summed E-state index contributed by atoms with van der Waals surface area (Å²) in [6.45, 7) is 0. The van der Waals surface area contributed by atoms with Gasteiger partial charge < -0.3 is 5.73 Å². The molecule has 3 fully saturated rings. The van der Waals surface area contributed by atoms with Gasteiger partial charge in [0.2, 0.25) is 10.0 Å². The molecule has 4 nitrogen and oxygen atoms in total. The maximum Gasteiger partial charge on any atom is 0.243 e. The van der Waals surface area contributed by atoms with Crippen molar-refractivity contribution in [2.75, 3.05) is 5.73 Å². The van der Waals surface area contributed by atoms with Gasteiger partial charge in [0.15, 0.2) is 0 Å². The van der Waals surface area contributed by atoms with Crippen LogP contribution in [0.25, 0.3) is 0 Å². The molecule has 3 saturated carbocycles. The van der Waals surface area contributed by atoms with Crippen LogP contribution in [0.3, 0.4) is 0 Å². The van der Waals surface area contributed by atoms with Crippen LogP contribution in [0.2, 0.25) is 0 Å². The number of anilines is 1. The summed E-state index contributed by atoms with van der Waals surface area (Å²) < 4.78 is 41.1. The van der Waals surface area contributed by atoms with Crippen LogP contribution >= 0.6 is 0 Å². The fourth-order valence-electron chi connectivity index (χ4n) is 4.46. The summed E-state index contributed by atoms with van der Waals surface area (Å²) in [6, 6.07) is 3.71. The Kier molecular flexibility index (Phi) is 2.49. The Labute approximate surface area is 117 Å². The number of sulfonamides is 1. The monoisotopic (exact) mass is 296 g/mol. The van der Waals surface area contributed by atoms with Gasteiger partial charge in [0.05, 0.1) is 0 Å². The highest BCUT2D eigenvalue weighted by Gasteiger charge is 2.65. The second kappa shape index (κ2) is 3.95. The average molecular weight is 296 g/mol. The molecule has 4 unspecified atom stereocenters. The number of fused-ring (bicyclic) bond motifs is 5. The second-order valence-corrected chi connectivity index (χ2v) is 8.01. The van der Waals surface area contributed by atoms with Crippen molar-refractivity contribution >= 4 is 15.7 Å². The van der Waals surface area contributed by atoms with E-state index in [1.807, 2.05) is 0 Å². The summed E-state index contributed by atoms with van der Waals surface area (Å²) >= 11 is 0. The summed E-state index contributed by atoms with van der Waals surface area (Å²) in [5, 5.41) is 0. The minimum atomic E-state index is -3.79. The van der Waals surface area contributed by atoms with E-state index in [1.54, 1.807) is 0 Å². The van der Waals surface area contributed by atoms with Crippen molar-refractivity contribution in [1.82, 2.24) is 4.72 Å². The largest absolute Gasteiger partial charge is 0.399 e. The highest BCUT2D eigenvalue weighted by Crippen LogP contribution is 2.65. The lowest BCUT2D eigenvalue weighted by Crippen LogP contribution is -2.30. The van der Waals surface area contributed by atoms with Gasteiger partial charge in [-0.2, -0.15) is 0 Å². The van der Waals surface area contributed by atoms with E-state index in [9.17, 15) is 12.8 Å². The van der Waals surface area contributed by atoms with Crippen LogP contribution < -0.4 is 10.5 Å². The zero-order valence-electron chi connectivity index (χ0n) is 10.9. The van der Waals surface area contributed by atoms with E-state index in [1.165, 1.54) is 31.4 Å². The van der Waals surface area contributed by atoms with Gasteiger partial charge in [0.1, 0.15) is 10.7 Å². The standard InChI is InChI=1S/C14H17FN2O2S/c15-10-6-9(16)3-4-11(10)20(18,19)17-14-12-7-1-2-8(5-7)13(12)14/h3-4,6-8,12-14,17H,1-2,5,16H2. The summed E-state index contributed by atoms with van der Waals surface area (Å²) in [5.41, 5.74) is 5.67. The molecule has 0 radical (unpaired) electrons. The Balaban J connectivity index is 1.57. The number of halogens is 1. The molecular weight excluding hydrogens is 279 g/mol. The first-order valence-electron chi connectivity index (χ1n) is 7.05. The molecule has 0 heterocycles. The van der Waals surface area contributed by atoms with E-state index >= 15 is 0 Å². The summed E-state index contributed by atoms with van der Waals surface area (Å²) in [5.74, 6) is 1.54. The van der Waals surface area contributed by atoms with Crippen molar-refractivity contribution in [1.29, 1.82) is 0 Å². The van der Waals surface area contributed by atoms with Crippen LogP contribution in [0.1, 0.15) is 19.3 Å². The van der Waals surface area contributed by atoms with Crippen molar-refractivity contribution in [3.05, 3.63) is 24.0 Å². The molecule has 1 aromatic carbocycles. The van der Waals surface area contributed by atoms with Crippen molar-refractivity contribution in [2.45, 2.75) is 30.2 Å². The average Bonchev–Trinajstić information content (AvgIpc) is 2.78. The Morgan fingerprint density at radius 1 is 1.20 bits per heavy atom. The number of rotatable bonds is 3. The number of nitrogens with one attached hydrogen (secondary N) is 1. The molecule has 1 aromatic rings. The number of benzene rings is 1. The lowest BCUT2D eigenvalue weighted by molar-refractivity contribution is 0.456. The Hall–Kier alpha value is -1.14. The fraction of sp³-hybridized carbons (Fsp3) is 0.571. The van der Waals surface area contributed by atoms with Crippen LogP contribution in [0.4, 0.5) is 10.1 Å². The first kappa shape index (κ1) is 12.6. The number of nitrogen functional groups attached to an aromatic ring is 1. The van der Waals surface area contributed by atoms with Gasteiger partial charge >= 0.3 is 0 Å². The minimum absolute atomic E-state index is 0.0169. The summed E-state index contributed by atoms with van der Waals surface area (Å²) in [4.78, 5) is -0.302. The third kappa shape index (κ3) is 1.71. The predicted octanol–water partition coefficient (Wildman–Crippen LogP) is 1.73.